The van der Waals surface area contributed by atoms with Crippen LogP contribution in [0.15, 0.2) is 0 Å². The molecular weight excluding hydrogens is 302 g/mol. The van der Waals surface area contributed by atoms with Gasteiger partial charge in [-0.3, -0.25) is 4.79 Å². The number of nitriles is 1. The number of hydrogen-bond donors (Lipinski definition) is 1. The maximum absolute atomic E-state index is 12.4. The summed E-state index contributed by atoms with van der Waals surface area (Å²) in [5.74, 6) is 1.29. The number of aliphatic hydroxyl groups is 1. The average Bonchev–Trinajstić information content (AvgIpc) is 3.23. The molecule has 0 aromatic carbocycles. The van der Waals surface area contributed by atoms with Crippen LogP contribution in [0, 0.1) is 45.8 Å². The molecule has 4 heteroatoms. The fourth-order valence-corrected chi connectivity index (χ4v) is 7.66. The van der Waals surface area contributed by atoms with Crippen LogP contribution in [-0.4, -0.2) is 28.7 Å². The SMILES string of the molecule is C[C@]12CC[C@@H]3[C@H](CC[C@@]45O[C@H]4C(=O)C(C#N)C[C@]35C)[C@@H]1CC[C@@H]2O. The van der Waals surface area contributed by atoms with Crippen molar-refractivity contribution < 1.29 is 14.6 Å². The van der Waals surface area contributed by atoms with Gasteiger partial charge in [-0.1, -0.05) is 13.8 Å². The number of aliphatic hydroxyl groups excluding tert-OH is 1. The summed E-state index contributed by atoms with van der Waals surface area (Å²) in [5.41, 5.74) is -0.252. The lowest BCUT2D eigenvalue weighted by atomic mass is 9.44. The molecular formula is C20H27NO3. The molecule has 9 atom stereocenters. The van der Waals surface area contributed by atoms with E-state index in [-0.39, 0.29) is 34.4 Å². The van der Waals surface area contributed by atoms with Crippen LogP contribution in [0.3, 0.4) is 0 Å². The monoisotopic (exact) mass is 329 g/mol. The lowest BCUT2D eigenvalue weighted by Gasteiger charge is -2.59. The number of carbonyl (C=O) groups is 1. The first-order chi connectivity index (χ1) is 11.4. The molecule has 1 heterocycles. The number of hydrogen-bond acceptors (Lipinski definition) is 4. The van der Waals surface area contributed by atoms with Crippen LogP contribution in [0.2, 0.25) is 0 Å². The van der Waals surface area contributed by atoms with Crippen LogP contribution >= 0.6 is 0 Å². The summed E-state index contributed by atoms with van der Waals surface area (Å²) in [5, 5.41) is 20.0. The van der Waals surface area contributed by atoms with Crippen molar-refractivity contribution in [2.45, 2.75) is 76.6 Å². The molecule has 130 valence electrons. The van der Waals surface area contributed by atoms with Gasteiger partial charge in [-0.15, -0.1) is 0 Å². The maximum atomic E-state index is 12.4. The van der Waals surface area contributed by atoms with Crippen LogP contribution in [0.5, 0.6) is 0 Å². The first-order valence-electron chi connectivity index (χ1n) is 9.67. The smallest absolute Gasteiger partial charge is 0.181 e. The maximum Gasteiger partial charge on any atom is 0.181 e. The largest absolute Gasteiger partial charge is 0.393 e. The van der Waals surface area contributed by atoms with Crippen molar-refractivity contribution in [3.05, 3.63) is 0 Å². The van der Waals surface area contributed by atoms with Crippen LogP contribution in [0.4, 0.5) is 0 Å². The quantitative estimate of drug-likeness (QED) is 0.694. The number of ether oxygens (including phenoxy) is 1. The molecule has 1 unspecified atom stereocenters. The van der Waals surface area contributed by atoms with Gasteiger partial charge < -0.3 is 9.84 Å². The minimum absolute atomic E-state index is 0.0327. The summed E-state index contributed by atoms with van der Waals surface area (Å²) in [6.07, 6.45) is 6.53. The second kappa shape index (κ2) is 4.43. The van der Waals surface area contributed by atoms with E-state index >= 15 is 0 Å². The van der Waals surface area contributed by atoms with E-state index in [0.717, 1.165) is 38.5 Å². The summed E-state index contributed by atoms with van der Waals surface area (Å²) < 4.78 is 6.07. The number of rotatable bonds is 0. The van der Waals surface area contributed by atoms with E-state index in [4.69, 9.17) is 4.74 Å². The normalized spacial score (nSPS) is 61.2. The van der Waals surface area contributed by atoms with Gasteiger partial charge in [0.1, 0.15) is 17.6 Å². The van der Waals surface area contributed by atoms with E-state index in [2.05, 4.69) is 19.9 Å². The molecule has 24 heavy (non-hydrogen) atoms. The van der Waals surface area contributed by atoms with Crippen LogP contribution < -0.4 is 0 Å². The Morgan fingerprint density at radius 1 is 1.17 bits per heavy atom. The molecule has 0 radical (unpaired) electrons. The number of epoxide rings is 1. The Hall–Kier alpha value is -0.920. The fraction of sp³-hybridized carbons (Fsp3) is 0.900. The highest BCUT2D eigenvalue weighted by Gasteiger charge is 2.78. The molecule has 4 nitrogen and oxygen atoms in total. The van der Waals surface area contributed by atoms with Crippen LogP contribution in [-0.2, 0) is 9.53 Å². The number of fused-ring (bicyclic) bond motifs is 4. The minimum Gasteiger partial charge on any atom is -0.393 e. The molecule has 5 fully saturated rings. The van der Waals surface area contributed by atoms with Crippen LogP contribution in [0.1, 0.15) is 58.8 Å². The number of Topliss-reactive ketones (excluding diaryl/α,β-unsaturated/α-hetero) is 1. The third-order valence-electron chi connectivity index (χ3n) is 9.10. The number of ketones is 1. The highest BCUT2D eigenvalue weighted by molar-refractivity contribution is 5.92. The van der Waals surface area contributed by atoms with Crippen molar-refractivity contribution in [2.24, 2.45) is 34.5 Å². The van der Waals surface area contributed by atoms with E-state index in [1.54, 1.807) is 0 Å². The van der Waals surface area contributed by atoms with Gasteiger partial charge in [-0.25, -0.2) is 0 Å². The lowest BCUT2D eigenvalue weighted by Crippen LogP contribution is -2.59. The topological polar surface area (TPSA) is 73.6 Å². The molecule has 0 amide bonds. The Kier molecular flexibility index (Phi) is 2.83. The van der Waals surface area contributed by atoms with Gasteiger partial charge in [0.05, 0.1) is 12.2 Å². The second-order valence-electron chi connectivity index (χ2n) is 9.65. The predicted molar refractivity (Wildman–Crippen MR) is 86.7 cm³/mol. The Balaban J connectivity index is 1.53. The van der Waals surface area contributed by atoms with Gasteiger partial charge in [0.2, 0.25) is 0 Å². The molecule has 0 aromatic rings. The zero-order valence-corrected chi connectivity index (χ0v) is 14.6. The van der Waals surface area contributed by atoms with Gasteiger partial charge in [-0.05, 0) is 68.1 Å². The molecule has 1 aliphatic heterocycles. The van der Waals surface area contributed by atoms with Gasteiger partial charge >= 0.3 is 0 Å². The van der Waals surface area contributed by atoms with E-state index in [1.165, 1.54) is 0 Å². The summed E-state index contributed by atoms with van der Waals surface area (Å²) in [4.78, 5) is 12.4. The summed E-state index contributed by atoms with van der Waals surface area (Å²) in [6.45, 7) is 4.59. The average molecular weight is 329 g/mol. The predicted octanol–water partition coefficient (Wildman–Crippen LogP) is 2.84. The number of nitrogens with zero attached hydrogens (tertiary/aromatic N) is 1. The summed E-state index contributed by atoms with van der Waals surface area (Å²) in [6, 6.07) is 2.25. The Morgan fingerprint density at radius 3 is 2.71 bits per heavy atom. The Labute approximate surface area is 143 Å². The van der Waals surface area contributed by atoms with E-state index in [9.17, 15) is 15.2 Å². The van der Waals surface area contributed by atoms with E-state index in [0.29, 0.717) is 24.2 Å². The first kappa shape index (κ1) is 15.3. The van der Waals surface area contributed by atoms with Crippen molar-refractivity contribution in [3.63, 3.8) is 0 Å². The highest BCUT2D eigenvalue weighted by Crippen LogP contribution is 2.72. The summed E-state index contributed by atoms with van der Waals surface area (Å²) in [7, 11) is 0. The molecule has 1 spiro atoms. The van der Waals surface area contributed by atoms with Crippen molar-refractivity contribution in [1.29, 1.82) is 5.26 Å². The third kappa shape index (κ3) is 1.51. The molecule has 0 aromatic heterocycles. The molecule has 5 rings (SSSR count). The number of carbonyl (C=O) groups excluding carboxylic acids is 1. The first-order valence-corrected chi connectivity index (χ1v) is 9.67. The summed E-state index contributed by atoms with van der Waals surface area (Å²) >= 11 is 0. The third-order valence-corrected chi connectivity index (χ3v) is 9.10. The second-order valence-corrected chi connectivity index (χ2v) is 9.65. The van der Waals surface area contributed by atoms with Gasteiger partial charge in [0.15, 0.2) is 5.78 Å². The molecule has 5 aliphatic rings. The zero-order valence-electron chi connectivity index (χ0n) is 14.6. The highest BCUT2D eigenvalue weighted by atomic mass is 16.6. The van der Waals surface area contributed by atoms with Gasteiger partial charge in [0, 0.05) is 5.41 Å². The zero-order chi connectivity index (χ0) is 16.9. The lowest BCUT2D eigenvalue weighted by molar-refractivity contribution is -0.138. The molecule has 1 saturated heterocycles. The van der Waals surface area contributed by atoms with Crippen molar-refractivity contribution in [3.8, 4) is 6.07 Å². The van der Waals surface area contributed by atoms with E-state index in [1.807, 2.05) is 0 Å². The molecule has 0 bridgehead atoms. The fourth-order valence-electron chi connectivity index (χ4n) is 7.66. The molecule has 4 saturated carbocycles. The molecule has 1 N–H and O–H groups in total. The van der Waals surface area contributed by atoms with Crippen molar-refractivity contribution in [1.82, 2.24) is 0 Å². The standard InChI is InChI=1S/C20H27NO3/c1-18-7-6-14-12(13(18)3-4-15(18)22)5-8-20-17(24-20)16(23)11(10-21)9-19(14,20)2/h11-15,17,22H,3-9H2,1-2H3/t11?,12-,13+,14-,15+,17+,18+,19-,20-/m1/s1. The van der Waals surface area contributed by atoms with Crippen molar-refractivity contribution in [2.75, 3.05) is 0 Å². The molecule has 4 aliphatic carbocycles. The van der Waals surface area contributed by atoms with Gasteiger partial charge in [-0.2, -0.15) is 5.26 Å². The van der Waals surface area contributed by atoms with Gasteiger partial charge in [0.25, 0.3) is 0 Å². The van der Waals surface area contributed by atoms with Crippen LogP contribution in [0.25, 0.3) is 0 Å². The Bertz CT molecular complexity index is 656. The Morgan fingerprint density at radius 2 is 1.96 bits per heavy atom. The minimum atomic E-state index is -0.489. The van der Waals surface area contributed by atoms with Crippen molar-refractivity contribution >= 4 is 5.78 Å². The van der Waals surface area contributed by atoms with E-state index < -0.39 is 5.92 Å².